The maximum Gasteiger partial charge on any atom is 0.219 e. The van der Waals surface area contributed by atoms with Crippen LogP contribution in [0.3, 0.4) is 0 Å². The lowest BCUT2D eigenvalue weighted by molar-refractivity contribution is 0.464. The van der Waals surface area contributed by atoms with E-state index in [1.54, 1.807) is 0 Å². The lowest BCUT2D eigenvalue weighted by atomic mass is 10.2. The summed E-state index contributed by atoms with van der Waals surface area (Å²) in [6.45, 7) is 4.47. The van der Waals surface area contributed by atoms with Crippen LogP contribution in [-0.4, -0.2) is 16.5 Å². The van der Waals surface area contributed by atoms with Crippen molar-refractivity contribution in [2.45, 2.75) is 31.3 Å². The molecule has 2 nitrogen and oxygen atoms in total. The van der Waals surface area contributed by atoms with Crippen molar-refractivity contribution >= 4 is 34.4 Å². The number of benzene rings is 2. The van der Waals surface area contributed by atoms with E-state index in [9.17, 15) is 0 Å². The zero-order chi connectivity index (χ0) is 18.2. The number of hydrogen-bond acceptors (Lipinski definition) is 4. The summed E-state index contributed by atoms with van der Waals surface area (Å²) < 4.78 is 6.52. The Labute approximate surface area is 164 Å². The number of ether oxygens (including phenoxy) is 1. The van der Waals surface area contributed by atoms with Crippen LogP contribution in [0.25, 0.3) is 10.9 Å². The fourth-order valence-electron chi connectivity index (χ4n) is 2.64. The highest BCUT2D eigenvalue weighted by Crippen LogP contribution is 2.41. The molecule has 0 aliphatic rings. The Kier molecular flexibility index (Phi) is 7.27. The highest BCUT2D eigenvalue weighted by molar-refractivity contribution is 8.16. The van der Waals surface area contributed by atoms with Gasteiger partial charge in [-0.15, -0.1) is 23.5 Å². The van der Waals surface area contributed by atoms with Crippen LogP contribution in [0.4, 0.5) is 0 Å². The first-order valence-corrected chi connectivity index (χ1v) is 11.3. The van der Waals surface area contributed by atoms with Gasteiger partial charge >= 0.3 is 0 Å². The Bertz CT molecular complexity index is 829. The number of pyridine rings is 1. The van der Waals surface area contributed by atoms with Crippen LogP contribution >= 0.6 is 23.5 Å². The predicted octanol–water partition coefficient (Wildman–Crippen LogP) is 7.31. The number of hydrogen-bond donors (Lipinski definition) is 0. The van der Waals surface area contributed by atoms with Gasteiger partial charge in [-0.25, -0.2) is 4.98 Å². The van der Waals surface area contributed by atoms with Gasteiger partial charge < -0.3 is 4.74 Å². The standard InChI is InChI=1S/C22H25NOS2/c1-3-14-25-22(26-15-4-2)18-9-7-10-19(16-18)24-21-13-12-17-8-5-6-11-20(17)23-21/h5-13,16,22H,3-4,14-15H2,1-2H3. The van der Waals surface area contributed by atoms with Crippen molar-refractivity contribution in [3.05, 3.63) is 66.2 Å². The molecule has 0 atom stereocenters. The minimum atomic E-state index is 0.461. The summed E-state index contributed by atoms with van der Waals surface area (Å²) in [5, 5.41) is 1.13. The number of nitrogens with zero attached hydrogens (tertiary/aromatic N) is 1. The van der Waals surface area contributed by atoms with E-state index in [4.69, 9.17) is 4.74 Å². The van der Waals surface area contributed by atoms with Crippen LogP contribution in [0.5, 0.6) is 11.6 Å². The Balaban J connectivity index is 1.78. The number of thioether (sulfide) groups is 2. The lowest BCUT2D eigenvalue weighted by Crippen LogP contribution is -1.94. The van der Waals surface area contributed by atoms with E-state index in [0.717, 1.165) is 16.7 Å². The molecule has 0 fully saturated rings. The van der Waals surface area contributed by atoms with Crippen molar-refractivity contribution < 1.29 is 4.74 Å². The number of aromatic nitrogens is 1. The SMILES string of the molecule is CCCSC(SCCC)c1cccc(Oc2ccc3ccccc3n2)c1. The van der Waals surface area contributed by atoms with Crippen molar-refractivity contribution in [3.8, 4) is 11.6 Å². The summed E-state index contributed by atoms with van der Waals surface area (Å²) in [5.41, 5.74) is 2.27. The molecule has 0 bridgehead atoms. The second-order valence-electron chi connectivity index (χ2n) is 6.09. The smallest absolute Gasteiger partial charge is 0.219 e. The monoisotopic (exact) mass is 383 g/mol. The average Bonchev–Trinajstić information content (AvgIpc) is 2.68. The summed E-state index contributed by atoms with van der Waals surface area (Å²) in [7, 11) is 0. The molecule has 4 heteroatoms. The minimum absolute atomic E-state index is 0.461. The van der Waals surface area contributed by atoms with E-state index >= 15 is 0 Å². The molecule has 26 heavy (non-hydrogen) atoms. The average molecular weight is 384 g/mol. The van der Waals surface area contributed by atoms with E-state index in [1.165, 1.54) is 29.9 Å². The lowest BCUT2D eigenvalue weighted by Gasteiger charge is -2.17. The Morgan fingerprint density at radius 3 is 2.42 bits per heavy atom. The second kappa shape index (κ2) is 9.89. The summed E-state index contributed by atoms with van der Waals surface area (Å²) in [4.78, 5) is 4.61. The zero-order valence-corrected chi connectivity index (χ0v) is 17.0. The van der Waals surface area contributed by atoms with Crippen LogP contribution < -0.4 is 4.74 Å². The molecule has 0 unspecified atom stereocenters. The molecule has 0 amide bonds. The van der Waals surface area contributed by atoms with Crippen molar-refractivity contribution in [2.75, 3.05) is 11.5 Å². The molecule has 3 aromatic rings. The van der Waals surface area contributed by atoms with E-state index in [1.807, 2.05) is 53.9 Å². The molecule has 0 spiro atoms. The molecule has 0 aliphatic carbocycles. The molecule has 2 aromatic carbocycles. The van der Waals surface area contributed by atoms with Crippen LogP contribution in [0.15, 0.2) is 60.7 Å². The van der Waals surface area contributed by atoms with Gasteiger partial charge in [0.25, 0.3) is 0 Å². The van der Waals surface area contributed by atoms with Crippen molar-refractivity contribution in [3.63, 3.8) is 0 Å². The van der Waals surface area contributed by atoms with Crippen LogP contribution in [-0.2, 0) is 0 Å². The normalized spacial score (nSPS) is 11.2. The van der Waals surface area contributed by atoms with Gasteiger partial charge in [-0.3, -0.25) is 0 Å². The van der Waals surface area contributed by atoms with Crippen LogP contribution in [0, 0.1) is 0 Å². The first kappa shape index (κ1) is 19.1. The molecule has 0 saturated carbocycles. The highest BCUT2D eigenvalue weighted by atomic mass is 32.2. The predicted molar refractivity (Wildman–Crippen MR) is 116 cm³/mol. The quantitative estimate of drug-likeness (QED) is 0.361. The first-order valence-electron chi connectivity index (χ1n) is 9.17. The number of rotatable bonds is 9. The van der Waals surface area contributed by atoms with Gasteiger partial charge in [-0.05, 0) is 54.2 Å². The Morgan fingerprint density at radius 2 is 1.65 bits per heavy atom. The second-order valence-corrected chi connectivity index (χ2v) is 8.81. The summed E-state index contributed by atoms with van der Waals surface area (Å²) >= 11 is 4.05. The third-order valence-electron chi connectivity index (χ3n) is 3.87. The van der Waals surface area contributed by atoms with E-state index < -0.39 is 0 Å². The van der Waals surface area contributed by atoms with Gasteiger partial charge in [0.2, 0.25) is 5.88 Å². The van der Waals surface area contributed by atoms with Crippen LogP contribution in [0.1, 0.15) is 36.8 Å². The Hall–Kier alpha value is -1.65. The fraction of sp³-hybridized carbons (Fsp3) is 0.318. The first-order chi connectivity index (χ1) is 12.8. The summed E-state index contributed by atoms with van der Waals surface area (Å²) in [6, 6.07) is 20.5. The molecule has 1 heterocycles. The Morgan fingerprint density at radius 1 is 0.885 bits per heavy atom. The van der Waals surface area contributed by atoms with E-state index in [2.05, 4.69) is 49.2 Å². The van der Waals surface area contributed by atoms with Gasteiger partial charge in [0.1, 0.15) is 5.75 Å². The molecule has 0 saturated heterocycles. The van der Waals surface area contributed by atoms with Crippen LogP contribution in [0.2, 0.25) is 0 Å². The third-order valence-corrected chi connectivity index (χ3v) is 7.13. The number of fused-ring (bicyclic) bond motifs is 1. The fourth-order valence-corrected chi connectivity index (χ4v) is 5.18. The molecule has 1 aromatic heterocycles. The zero-order valence-electron chi connectivity index (χ0n) is 15.4. The molecule has 136 valence electrons. The number of para-hydroxylation sites is 1. The van der Waals surface area contributed by atoms with Gasteiger partial charge in [-0.1, -0.05) is 44.2 Å². The van der Waals surface area contributed by atoms with E-state index in [-0.39, 0.29) is 0 Å². The van der Waals surface area contributed by atoms with Crippen molar-refractivity contribution in [1.29, 1.82) is 0 Å². The molecular weight excluding hydrogens is 358 g/mol. The van der Waals surface area contributed by atoms with Gasteiger partial charge in [0, 0.05) is 11.5 Å². The topological polar surface area (TPSA) is 22.1 Å². The molecular formula is C22H25NOS2. The van der Waals surface area contributed by atoms with Gasteiger partial charge in [0.15, 0.2) is 0 Å². The largest absolute Gasteiger partial charge is 0.439 e. The minimum Gasteiger partial charge on any atom is -0.439 e. The van der Waals surface area contributed by atoms with Crippen molar-refractivity contribution in [1.82, 2.24) is 4.98 Å². The summed E-state index contributed by atoms with van der Waals surface area (Å²) in [5.74, 6) is 3.85. The highest BCUT2D eigenvalue weighted by Gasteiger charge is 2.13. The molecule has 0 aliphatic heterocycles. The molecule has 3 rings (SSSR count). The van der Waals surface area contributed by atoms with Crippen molar-refractivity contribution in [2.24, 2.45) is 0 Å². The molecule has 0 N–H and O–H groups in total. The van der Waals surface area contributed by atoms with Gasteiger partial charge in [-0.2, -0.15) is 0 Å². The summed E-state index contributed by atoms with van der Waals surface area (Å²) in [6.07, 6.45) is 2.40. The van der Waals surface area contributed by atoms with Gasteiger partial charge in [0.05, 0.1) is 10.1 Å². The van der Waals surface area contributed by atoms with E-state index in [0.29, 0.717) is 10.5 Å². The molecule has 0 radical (unpaired) electrons. The maximum absolute atomic E-state index is 6.06. The third kappa shape index (κ3) is 5.18. The maximum atomic E-state index is 6.06.